The Kier molecular flexibility index (Phi) is 14.9. The molecular weight excluding hydrogens is 374 g/mol. The number of nitrogens with zero attached hydrogens (tertiary/aromatic N) is 3. The second-order valence-corrected chi connectivity index (χ2v) is 7.81. The number of carbonyl (C=O) groups excluding carboxylic acids is 1. The van der Waals surface area contributed by atoms with Crippen LogP contribution in [0.15, 0.2) is 29.3 Å². The van der Waals surface area contributed by atoms with E-state index in [0.29, 0.717) is 13.2 Å². The van der Waals surface area contributed by atoms with Crippen LogP contribution in [0.5, 0.6) is 0 Å². The van der Waals surface area contributed by atoms with Gasteiger partial charge < -0.3 is 9.64 Å². The quantitative estimate of drug-likeness (QED) is 0.205. The number of esters is 1. The second kappa shape index (κ2) is 17.0. The van der Waals surface area contributed by atoms with E-state index in [-0.39, 0.29) is 5.97 Å². The Morgan fingerprint density at radius 1 is 0.900 bits per heavy atom. The van der Waals surface area contributed by atoms with Crippen molar-refractivity contribution in [1.29, 1.82) is 0 Å². The third kappa shape index (κ3) is 12.1. The van der Waals surface area contributed by atoms with Crippen molar-refractivity contribution < 1.29 is 9.53 Å². The predicted molar refractivity (Wildman–Crippen MR) is 127 cm³/mol. The minimum Gasteiger partial charge on any atom is -0.465 e. The number of aliphatic imine (C=N–C) groups is 1. The minimum atomic E-state index is -0.137. The molecule has 30 heavy (non-hydrogen) atoms. The Morgan fingerprint density at radius 2 is 1.50 bits per heavy atom. The molecule has 0 aliphatic rings. The molecule has 0 fully saturated rings. The van der Waals surface area contributed by atoms with Gasteiger partial charge in [0.25, 0.3) is 0 Å². The molecule has 1 rings (SSSR count). The molecule has 0 saturated carbocycles. The van der Waals surface area contributed by atoms with E-state index < -0.39 is 0 Å². The highest BCUT2D eigenvalue weighted by Crippen LogP contribution is 2.10. The van der Waals surface area contributed by atoms with E-state index in [4.69, 9.17) is 4.74 Å². The van der Waals surface area contributed by atoms with Gasteiger partial charge in [-0.05, 0) is 82.5 Å². The fourth-order valence-electron chi connectivity index (χ4n) is 3.55. The van der Waals surface area contributed by atoms with Crippen LogP contribution < -0.4 is 0 Å². The fourth-order valence-corrected chi connectivity index (χ4v) is 3.55. The van der Waals surface area contributed by atoms with Crippen molar-refractivity contribution in [2.45, 2.75) is 72.9 Å². The van der Waals surface area contributed by atoms with Gasteiger partial charge in [-0.25, -0.2) is 0 Å². The maximum Gasteiger partial charge on any atom is 0.320 e. The number of carbonyl (C=O) groups is 1. The van der Waals surface area contributed by atoms with Gasteiger partial charge in [0.15, 0.2) is 0 Å². The molecule has 0 unspecified atom stereocenters. The molecule has 0 atom stereocenters. The fraction of sp³-hybridized carbons (Fsp3) is 0.680. The molecule has 0 heterocycles. The van der Waals surface area contributed by atoms with Crippen molar-refractivity contribution in [2.24, 2.45) is 4.99 Å². The number of unbranched alkanes of at least 4 members (excludes halogenated alkanes) is 1. The Bertz CT molecular complexity index is 581. The Hall–Kier alpha value is -1.72. The first-order valence-electron chi connectivity index (χ1n) is 11.8. The van der Waals surface area contributed by atoms with E-state index in [0.717, 1.165) is 45.4 Å². The number of benzene rings is 1. The summed E-state index contributed by atoms with van der Waals surface area (Å²) >= 11 is 0. The highest BCUT2D eigenvalue weighted by molar-refractivity contribution is 5.71. The van der Waals surface area contributed by atoms with Crippen LogP contribution in [0.1, 0.15) is 70.9 Å². The summed E-state index contributed by atoms with van der Waals surface area (Å²) in [5.41, 5.74) is 2.44. The normalized spacial score (nSPS) is 11.7. The molecule has 0 bridgehead atoms. The molecule has 5 heteroatoms. The van der Waals surface area contributed by atoms with Crippen LogP contribution in [0.3, 0.4) is 0 Å². The lowest BCUT2D eigenvalue weighted by atomic mass is 10.1. The molecule has 5 nitrogen and oxygen atoms in total. The summed E-state index contributed by atoms with van der Waals surface area (Å²) in [5, 5.41) is 0. The third-order valence-corrected chi connectivity index (χ3v) is 4.95. The summed E-state index contributed by atoms with van der Waals surface area (Å²) in [6, 6.07) is 8.58. The van der Waals surface area contributed by atoms with Gasteiger partial charge >= 0.3 is 5.97 Å². The van der Waals surface area contributed by atoms with Gasteiger partial charge in [-0.1, -0.05) is 45.0 Å². The lowest BCUT2D eigenvalue weighted by molar-refractivity contribution is -0.144. The summed E-state index contributed by atoms with van der Waals surface area (Å²) in [6.45, 7) is 15.1. The molecule has 0 amide bonds. The van der Waals surface area contributed by atoms with Crippen LogP contribution in [0, 0.1) is 0 Å². The smallest absolute Gasteiger partial charge is 0.320 e. The third-order valence-electron chi connectivity index (χ3n) is 4.95. The molecule has 0 aromatic heterocycles. The van der Waals surface area contributed by atoms with Crippen molar-refractivity contribution in [3.63, 3.8) is 0 Å². The number of rotatable bonds is 17. The van der Waals surface area contributed by atoms with Gasteiger partial charge in [-0.2, -0.15) is 0 Å². The van der Waals surface area contributed by atoms with Crippen LogP contribution >= 0.6 is 0 Å². The molecule has 1 aromatic carbocycles. The van der Waals surface area contributed by atoms with Gasteiger partial charge in [-0.15, -0.1) is 0 Å². The van der Waals surface area contributed by atoms with Crippen LogP contribution in [0.4, 0.5) is 0 Å². The molecule has 0 radical (unpaired) electrons. The summed E-state index contributed by atoms with van der Waals surface area (Å²) in [4.78, 5) is 21.2. The zero-order chi connectivity index (χ0) is 22.0. The van der Waals surface area contributed by atoms with Crippen molar-refractivity contribution >= 4 is 12.2 Å². The number of hydrogen-bond donors (Lipinski definition) is 0. The first-order chi connectivity index (χ1) is 14.6. The molecule has 0 saturated heterocycles. The zero-order valence-electron chi connectivity index (χ0n) is 19.7. The maximum absolute atomic E-state index is 12.1. The average molecular weight is 418 g/mol. The SMILES string of the molecule is CCC=NCc1ccc(CN(CCCCN(CCC)CCC)CC(=O)OCC)cc1. The molecule has 0 spiro atoms. The topological polar surface area (TPSA) is 45.1 Å². The van der Waals surface area contributed by atoms with Crippen LogP contribution in [-0.4, -0.2) is 61.3 Å². The molecule has 0 aliphatic carbocycles. The highest BCUT2D eigenvalue weighted by atomic mass is 16.5. The molecule has 1 aromatic rings. The summed E-state index contributed by atoms with van der Waals surface area (Å²) in [5.74, 6) is -0.137. The average Bonchev–Trinajstić information content (AvgIpc) is 2.73. The van der Waals surface area contributed by atoms with Gasteiger partial charge in [0.1, 0.15) is 0 Å². The molecule has 170 valence electrons. The first-order valence-corrected chi connectivity index (χ1v) is 11.8. The van der Waals surface area contributed by atoms with Crippen LogP contribution in [0.2, 0.25) is 0 Å². The Morgan fingerprint density at radius 3 is 2.07 bits per heavy atom. The standard InChI is InChI=1S/C25H43N3O2/c1-5-15-26-20-23-11-13-24(14-12-23)21-28(22-25(29)30-8-4)19-10-9-18-27(16-6-2)17-7-3/h11-15H,5-10,16-22H2,1-4H3. The van der Waals surface area contributed by atoms with Gasteiger partial charge in [-0.3, -0.25) is 14.7 Å². The lowest BCUT2D eigenvalue weighted by Crippen LogP contribution is -2.32. The number of hydrogen-bond acceptors (Lipinski definition) is 5. The summed E-state index contributed by atoms with van der Waals surface area (Å²) in [6.07, 6.45) is 7.58. The molecule has 0 aliphatic heterocycles. The monoisotopic (exact) mass is 417 g/mol. The maximum atomic E-state index is 12.1. The van der Waals surface area contributed by atoms with E-state index in [1.807, 2.05) is 13.1 Å². The van der Waals surface area contributed by atoms with Crippen molar-refractivity contribution in [2.75, 3.05) is 39.3 Å². The van der Waals surface area contributed by atoms with Crippen LogP contribution in [-0.2, 0) is 22.6 Å². The van der Waals surface area contributed by atoms with Gasteiger partial charge in [0, 0.05) is 6.54 Å². The molecule has 0 N–H and O–H groups in total. The number of ether oxygens (including phenoxy) is 1. The first kappa shape index (κ1) is 26.3. The summed E-state index contributed by atoms with van der Waals surface area (Å²) in [7, 11) is 0. The van der Waals surface area contributed by atoms with Crippen molar-refractivity contribution in [3.8, 4) is 0 Å². The van der Waals surface area contributed by atoms with E-state index in [9.17, 15) is 4.79 Å². The Balaban J connectivity index is 2.58. The van der Waals surface area contributed by atoms with Crippen LogP contribution in [0.25, 0.3) is 0 Å². The van der Waals surface area contributed by atoms with E-state index in [1.54, 1.807) is 0 Å². The predicted octanol–water partition coefficient (Wildman–Crippen LogP) is 4.93. The van der Waals surface area contributed by atoms with E-state index in [1.165, 1.54) is 37.1 Å². The zero-order valence-corrected chi connectivity index (χ0v) is 19.7. The Labute approximate surface area is 184 Å². The van der Waals surface area contributed by atoms with E-state index >= 15 is 0 Å². The minimum absolute atomic E-state index is 0.137. The van der Waals surface area contributed by atoms with Gasteiger partial charge in [0.05, 0.1) is 19.7 Å². The van der Waals surface area contributed by atoms with Crippen molar-refractivity contribution in [3.05, 3.63) is 35.4 Å². The van der Waals surface area contributed by atoms with Crippen molar-refractivity contribution in [1.82, 2.24) is 9.80 Å². The van der Waals surface area contributed by atoms with Gasteiger partial charge in [0.2, 0.25) is 0 Å². The molecular formula is C25H43N3O2. The summed E-state index contributed by atoms with van der Waals surface area (Å²) < 4.78 is 5.19. The lowest BCUT2D eigenvalue weighted by Gasteiger charge is -2.24. The van der Waals surface area contributed by atoms with E-state index in [2.05, 4.69) is 59.8 Å². The highest BCUT2D eigenvalue weighted by Gasteiger charge is 2.12. The largest absolute Gasteiger partial charge is 0.465 e. The second-order valence-electron chi connectivity index (χ2n) is 7.81.